The molecule has 0 aliphatic carbocycles. The van der Waals surface area contributed by atoms with Gasteiger partial charge in [0.25, 0.3) is 0 Å². The lowest BCUT2D eigenvalue weighted by Gasteiger charge is -2.26. The number of guanidine groups is 1. The molecule has 0 aliphatic rings. The van der Waals surface area contributed by atoms with Crippen LogP contribution >= 0.6 is 35.3 Å². The molecular weight excluding hydrogens is 477 g/mol. The average molecular weight is 511 g/mol. The first-order valence-corrected chi connectivity index (χ1v) is 9.85. The quantitative estimate of drug-likeness (QED) is 0.296. The number of carbonyl (C=O) groups excluding carboxylic acids is 1. The van der Waals surface area contributed by atoms with Crippen molar-refractivity contribution in [2.45, 2.75) is 66.7 Å². The van der Waals surface area contributed by atoms with Gasteiger partial charge in [0.05, 0.1) is 12.6 Å². The first kappa shape index (κ1) is 25.9. The second kappa shape index (κ2) is 12.4. The maximum absolute atomic E-state index is 12.0. The molecule has 1 atom stereocenters. The monoisotopic (exact) mass is 511 g/mol. The highest BCUT2D eigenvalue weighted by atomic mass is 127. The van der Waals surface area contributed by atoms with Crippen LogP contribution in [0.25, 0.3) is 0 Å². The zero-order valence-corrected chi connectivity index (χ0v) is 20.5. The number of hydrogen-bond donors (Lipinski definition) is 3. The Balaban J connectivity index is 0.00000676. The van der Waals surface area contributed by atoms with E-state index in [2.05, 4.69) is 39.8 Å². The van der Waals surface area contributed by atoms with Crippen molar-refractivity contribution in [3.8, 4) is 0 Å². The molecule has 1 aromatic rings. The lowest BCUT2D eigenvalue weighted by Crippen LogP contribution is -2.50. The third-order valence-electron chi connectivity index (χ3n) is 3.38. The maximum Gasteiger partial charge on any atom is 0.407 e. The fourth-order valence-corrected chi connectivity index (χ4v) is 2.79. The zero-order valence-electron chi connectivity index (χ0n) is 17.4. The van der Waals surface area contributed by atoms with Gasteiger partial charge in [0.1, 0.15) is 10.6 Å². The van der Waals surface area contributed by atoms with Crippen LogP contribution < -0.4 is 16.0 Å². The van der Waals surface area contributed by atoms with E-state index in [0.717, 1.165) is 11.6 Å². The molecule has 156 valence electrons. The molecule has 1 aromatic heterocycles. The van der Waals surface area contributed by atoms with Crippen molar-refractivity contribution in [3.05, 3.63) is 16.1 Å². The maximum atomic E-state index is 12.0. The molecule has 1 rings (SSSR count). The third-order valence-corrected chi connectivity index (χ3v) is 4.28. The number of hydrogen-bond acceptors (Lipinski definition) is 5. The summed E-state index contributed by atoms with van der Waals surface area (Å²) in [6, 6.07) is -0.0733. The minimum Gasteiger partial charge on any atom is -0.444 e. The van der Waals surface area contributed by atoms with Gasteiger partial charge in [0.2, 0.25) is 0 Å². The highest BCUT2D eigenvalue weighted by Crippen LogP contribution is 2.12. The number of halogens is 1. The topological polar surface area (TPSA) is 87.6 Å². The van der Waals surface area contributed by atoms with Crippen molar-refractivity contribution in [2.75, 3.05) is 13.1 Å². The summed E-state index contributed by atoms with van der Waals surface area (Å²) in [4.78, 5) is 22.1. The zero-order chi connectivity index (χ0) is 19.7. The van der Waals surface area contributed by atoms with Crippen LogP contribution in [-0.4, -0.2) is 41.8 Å². The number of thiazole rings is 1. The molecule has 0 fully saturated rings. The van der Waals surface area contributed by atoms with Crippen LogP contribution in [0.15, 0.2) is 11.2 Å². The van der Waals surface area contributed by atoms with Gasteiger partial charge in [-0.05, 0) is 40.5 Å². The number of rotatable bonds is 7. The van der Waals surface area contributed by atoms with Crippen molar-refractivity contribution in [1.29, 1.82) is 0 Å². The Hall–Kier alpha value is -1.10. The molecule has 27 heavy (non-hydrogen) atoms. The number of ether oxygens (including phenoxy) is 1. The van der Waals surface area contributed by atoms with Crippen LogP contribution in [0.4, 0.5) is 4.79 Å². The molecule has 0 saturated carbocycles. The minimum atomic E-state index is -0.513. The summed E-state index contributed by atoms with van der Waals surface area (Å²) in [6.45, 7) is 15.6. The Kier molecular flexibility index (Phi) is 11.9. The Morgan fingerprint density at radius 3 is 2.48 bits per heavy atom. The van der Waals surface area contributed by atoms with Crippen molar-refractivity contribution in [2.24, 2.45) is 10.9 Å². The van der Waals surface area contributed by atoms with Crippen molar-refractivity contribution < 1.29 is 9.53 Å². The lowest BCUT2D eigenvalue weighted by molar-refractivity contribution is 0.0491. The smallest absolute Gasteiger partial charge is 0.407 e. The summed E-state index contributed by atoms with van der Waals surface area (Å²) in [7, 11) is 0. The molecule has 0 saturated heterocycles. The largest absolute Gasteiger partial charge is 0.444 e. The third kappa shape index (κ3) is 11.4. The molecule has 1 unspecified atom stereocenters. The molecule has 1 heterocycles. The summed E-state index contributed by atoms with van der Waals surface area (Å²) in [5.74, 6) is 0.955. The Labute approximate surface area is 184 Å². The molecule has 3 N–H and O–H groups in total. The number of aliphatic imine (C=N–C) groups is 1. The Morgan fingerprint density at radius 1 is 1.33 bits per heavy atom. The van der Waals surface area contributed by atoms with Gasteiger partial charge in [-0.1, -0.05) is 13.8 Å². The van der Waals surface area contributed by atoms with Crippen molar-refractivity contribution >= 4 is 47.4 Å². The lowest BCUT2D eigenvalue weighted by atomic mass is 10.0. The predicted octanol–water partition coefficient (Wildman–Crippen LogP) is 3.67. The number of carbonyl (C=O) groups is 1. The van der Waals surface area contributed by atoms with Crippen molar-refractivity contribution in [3.63, 3.8) is 0 Å². The summed E-state index contributed by atoms with van der Waals surface area (Å²) in [5, 5.41) is 10.4. The molecule has 1 amide bonds. The van der Waals surface area contributed by atoms with Gasteiger partial charge >= 0.3 is 6.09 Å². The number of alkyl carbamates (subject to hydrolysis) is 1. The predicted molar refractivity (Wildman–Crippen MR) is 123 cm³/mol. The van der Waals surface area contributed by atoms with E-state index in [1.807, 2.05) is 40.8 Å². The molecule has 0 aromatic carbocycles. The summed E-state index contributed by atoms with van der Waals surface area (Å²) in [5.41, 5.74) is -0.513. The fraction of sp³-hybridized carbons (Fsp3) is 0.722. The highest BCUT2D eigenvalue weighted by Gasteiger charge is 2.21. The van der Waals surface area contributed by atoms with Crippen LogP contribution in [0.2, 0.25) is 0 Å². The Morgan fingerprint density at radius 2 is 2.00 bits per heavy atom. The van der Waals surface area contributed by atoms with Crippen LogP contribution in [0.3, 0.4) is 0 Å². The van der Waals surface area contributed by atoms with E-state index < -0.39 is 11.7 Å². The van der Waals surface area contributed by atoms with Crippen molar-refractivity contribution in [1.82, 2.24) is 20.9 Å². The normalized spacial score (nSPS) is 13.0. The number of aryl methyl sites for hydroxylation is 1. The summed E-state index contributed by atoms with van der Waals surface area (Å²) in [6.07, 6.45) is 1.45. The molecule has 0 radical (unpaired) electrons. The Bertz CT molecular complexity index is 599. The van der Waals surface area contributed by atoms with Gasteiger partial charge in [0.15, 0.2) is 5.96 Å². The number of nitrogens with zero attached hydrogens (tertiary/aromatic N) is 2. The molecule has 9 heteroatoms. The second-order valence-corrected chi connectivity index (χ2v) is 8.76. The van der Waals surface area contributed by atoms with E-state index in [9.17, 15) is 4.79 Å². The first-order valence-electron chi connectivity index (χ1n) is 9.03. The standard InChI is InChI=1S/C18H33N5O2S.HI/c1-8-19-16(22-11-15-20-9-13(4)26-15)21-10-14(12(2)3)23-17(24)25-18(5,6)7;/h9,12,14H,8,10-11H2,1-7H3,(H,23,24)(H2,19,21,22);1H. The van der Waals surface area contributed by atoms with E-state index >= 15 is 0 Å². The average Bonchev–Trinajstić information content (AvgIpc) is 2.92. The van der Waals surface area contributed by atoms with E-state index in [1.54, 1.807) is 11.3 Å². The van der Waals surface area contributed by atoms with E-state index in [4.69, 9.17) is 4.74 Å². The van der Waals surface area contributed by atoms with Gasteiger partial charge in [-0.3, -0.25) is 0 Å². The van der Waals surface area contributed by atoms with Gasteiger partial charge in [-0.25, -0.2) is 14.8 Å². The second-order valence-electron chi connectivity index (χ2n) is 7.44. The summed E-state index contributed by atoms with van der Waals surface area (Å²) >= 11 is 1.64. The van der Waals surface area contributed by atoms with Crippen LogP contribution in [0.1, 0.15) is 51.4 Å². The molecule has 0 aliphatic heterocycles. The van der Waals surface area contributed by atoms with Gasteiger partial charge < -0.3 is 20.7 Å². The molecule has 0 bridgehead atoms. The molecule has 7 nitrogen and oxygen atoms in total. The van der Waals surface area contributed by atoms with Crippen LogP contribution in [0, 0.1) is 12.8 Å². The van der Waals surface area contributed by atoms with Gasteiger partial charge in [-0.2, -0.15) is 0 Å². The highest BCUT2D eigenvalue weighted by molar-refractivity contribution is 14.0. The minimum absolute atomic E-state index is 0. The van der Waals surface area contributed by atoms with E-state index in [0.29, 0.717) is 19.0 Å². The fourth-order valence-electron chi connectivity index (χ4n) is 2.08. The van der Waals surface area contributed by atoms with Crippen LogP contribution in [0.5, 0.6) is 0 Å². The number of nitrogens with one attached hydrogen (secondary N) is 3. The number of aromatic nitrogens is 1. The molecule has 0 spiro atoms. The first-order chi connectivity index (χ1) is 12.1. The van der Waals surface area contributed by atoms with E-state index in [-0.39, 0.29) is 35.9 Å². The number of amides is 1. The van der Waals surface area contributed by atoms with E-state index in [1.165, 1.54) is 4.88 Å². The SMILES string of the molecule is CCNC(=NCc1ncc(C)s1)NCC(NC(=O)OC(C)(C)C)C(C)C.I. The van der Waals surface area contributed by atoms with Crippen LogP contribution in [-0.2, 0) is 11.3 Å². The summed E-state index contributed by atoms with van der Waals surface area (Å²) < 4.78 is 5.35. The van der Waals surface area contributed by atoms with Gasteiger partial charge in [-0.15, -0.1) is 35.3 Å². The van der Waals surface area contributed by atoms with Gasteiger partial charge in [0, 0.05) is 24.2 Å². The molecular formula is C18H34IN5O2S.